The van der Waals surface area contributed by atoms with Gasteiger partial charge in [0.15, 0.2) is 5.17 Å². The van der Waals surface area contributed by atoms with Crippen molar-refractivity contribution in [3.63, 3.8) is 0 Å². The maximum Gasteiger partial charge on any atom is 0.415 e. The summed E-state index contributed by atoms with van der Waals surface area (Å²) in [7, 11) is 2.09. The van der Waals surface area contributed by atoms with Crippen molar-refractivity contribution in [3.8, 4) is 5.75 Å². The van der Waals surface area contributed by atoms with Gasteiger partial charge >= 0.3 is 6.09 Å². The number of hydrogen-bond donors (Lipinski definition) is 1. The van der Waals surface area contributed by atoms with Crippen molar-refractivity contribution in [2.75, 3.05) is 39.8 Å². The largest absolute Gasteiger partial charge is 0.415 e. The molecule has 1 aromatic rings. The number of benzene rings is 1. The maximum absolute atomic E-state index is 14.0. The van der Waals surface area contributed by atoms with Gasteiger partial charge in [0.25, 0.3) is 5.91 Å². The summed E-state index contributed by atoms with van der Waals surface area (Å²) in [6.45, 7) is 5.93. The molecule has 2 fully saturated rings. The lowest BCUT2D eigenvalue weighted by atomic mass is 10.0. The van der Waals surface area contributed by atoms with Gasteiger partial charge in [-0.15, -0.1) is 0 Å². The molecule has 0 spiro atoms. The summed E-state index contributed by atoms with van der Waals surface area (Å²) < 4.78 is 19.6. The number of carbonyl (C=O) groups excluding carboxylic acids is 2. The van der Waals surface area contributed by atoms with E-state index in [1.165, 1.54) is 30.0 Å². The van der Waals surface area contributed by atoms with Crippen LogP contribution in [0.15, 0.2) is 28.1 Å². The molecule has 33 heavy (non-hydrogen) atoms. The number of halogens is 1. The molecule has 0 radical (unpaired) electrons. The molecule has 3 aliphatic rings. The first-order valence-electron chi connectivity index (χ1n) is 11.4. The molecule has 0 bridgehead atoms. The minimum absolute atomic E-state index is 0.222. The quantitative estimate of drug-likeness (QED) is 0.670. The van der Waals surface area contributed by atoms with Gasteiger partial charge in [0.2, 0.25) is 0 Å². The van der Waals surface area contributed by atoms with Crippen LogP contribution >= 0.6 is 11.8 Å². The first-order chi connectivity index (χ1) is 15.9. The van der Waals surface area contributed by atoms with Gasteiger partial charge in [-0.05, 0) is 75.3 Å². The second-order valence-electron chi connectivity index (χ2n) is 8.42. The second-order valence-corrected chi connectivity index (χ2v) is 9.43. The Morgan fingerprint density at radius 1 is 1.33 bits per heavy atom. The minimum Gasteiger partial charge on any atom is -0.410 e. The van der Waals surface area contributed by atoms with Gasteiger partial charge in [0, 0.05) is 37.8 Å². The van der Waals surface area contributed by atoms with Crippen LogP contribution in [0.3, 0.4) is 0 Å². The standard InChI is InChI=1S/C23H30FN5O3S/c1-3-27(2)18-8-12-28(13-9-18)23(31)32-19-7-6-17(24)14-16(19)15-20-21(30)26-22(33-20)29-11-5-4-10-25-29/h6-7,14-15,18,25H,3-5,8-13H2,1-2H3/b20-15-. The smallest absolute Gasteiger partial charge is 0.410 e. The van der Waals surface area contributed by atoms with Crippen molar-refractivity contribution < 1.29 is 18.7 Å². The molecule has 0 atom stereocenters. The van der Waals surface area contributed by atoms with Crippen LogP contribution in [-0.2, 0) is 4.79 Å². The number of amidine groups is 1. The zero-order chi connectivity index (χ0) is 23.4. The number of thioether (sulfide) groups is 1. The summed E-state index contributed by atoms with van der Waals surface area (Å²) in [4.78, 5) is 33.7. The van der Waals surface area contributed by atoms with Crippen LogP contribution in [0, 0.1) is 5.82 Å². The molecule has 4 rings (SSSR count). The molecule has 2 amide bonds. The van der Waals surface area contributed by atoms with Crippen LogP contribution in [0.1, 0.15) is 38.2 Å². The van der Waals surface area contributed by atoms with E-state index in [4.69, 9.17) is 4.74 Å². The molecule has 0 aromatic heterocycles. The van der Waals surface area contributed by atoms with Crippen molar-refractivity contribution in [1.82, 2.24) is 20.2 Å². The predicted octanol–water partition coefficient (Wildman–Crippen LogP) is 3.31. The summed E-state index contributed by atoms with van der Waals surface area (Å²) in [6.07, 6.45) is 4.96. The van der Waals surface area contributed by atoms with Gasteiger partial charge < -0.3 is 14.5 Å². The van der Waals surface area contributed by atoms with Crippen LogP contribution in [0.4, 0.5) is 9.18 Å². The molecule has 1 aromatic carbocycles. The monoisotopic (exact) mass is 475 g/mol. The Kier molecular flexibility index (Phi) is 7.67. The number of ether oxygens (including phenoxy) is 1. The van der Waals surface area contributed by atoms with Gasteiger partial charge in [-0.25, -0.2) is 14.6 Å². The number of nitrogens with one attached hydrogen (secondary N) is 1. The number of hydrazine groups is 1. The predicted molar refractivity (Wildman–Crippen MR) is 127 cm³/mol. The average Bonchev–Trinajstić information content (AvgIpc) is 3.21. The fourth-order valence-corrected chi connectivity index (χ4v) is 5.05. The summed E-state index contributed by atoms with van der Waals surface area (Å²) in [5.41, 5.74) is 3.56. The molecule has 3 heterocycles. The maximum atomic E-state index is 14.0. The van der Waals surface area contributed by atoms with E-state index in [1.807, 2.05) is 5.01 Å². The van der Waals surface area contributed by atoms with E-state index in [1.54, 1.807) is 11.0 Å². The Bertz CT molecular complexity index is 955. The highest BCUT2D eigenvalue weighted by atomic mass is 32.2. The Labute approximate surface area is 197 Å². The van der Waals surface area contributed by atoms with Crippen LogP contribution < -0.4 is 10.2 Å². The van der Waals surface area contributed by atoms with Crippen molar-refractivity contribution in [2.24, 2.45) is 4.99 Å². The molecule has 0 saturated carbocycles. The minimum atomic E-state index is -0.473. The van der Waals surface area contributed by atoms with Crippen LogP contribution in [0.2, 0.25) is 0 Å². The first-order valence-corrected chi connectivity index (χ1v) is 12.3. The lowest BCUT2D eigenvalue weighted by Crippen LogP contribution is -2.46. The van der Waals surface area contributed by atoms with Crippen LogP contribution in [0.25, 0.3) is 6.08 Å². The van der Waals surface area contributed by atoms with E-state index in [2.05, 4.69) is 29.3 Å². The number of hydrogen-bond acceptors (Lipinski definition) is 7. The number of carbonyl (C=O) groups is 2. The number of amides is 2. The van der Waals surface area contributed by atoms with Crippen molar-refractivity contribution in [3.05, 3.63) is 34.5 Å². The van der Waals surface area contributed by atoms with Gasteiger partial charge in [-0.2, -0.15) is 4.99 Å². The lowest BCUT2D eigenvalue weighted by Gasteiger charge is -2.35. The molecular formula is C23H30FN5O3S. The van der Waals surface area contributed by atoms with E-state index >= 15 is 0 Å². The first kappa shape index (κ1) is 23.7. The van der Waals surface area contributed by atoms with Crippen molar-refractivity contribution in [1.29, 1.82) is 0 Å². The zero-order valence-corrected chi connectivity index (χ0v) is 19.9. The molecular weight excluding hydrogens is 445 g/mol. The Morgan fingerprint density at radius 3 is 2.82 bits per heavy atom. The van der Waals surface area contributed by atoms with Crippen LogP contribution in [-0.4, -0.2) is 77.8 Å². The van der Waals surface area contributed by atoms with Gasteiger partial charge in [0.1, 0.15) is 11.6 Å². The van der Waals surface area contributed by atoms with Crippen molar-refractivity contribution >= 4 is 35.0 Å². The summed E-state index contributed by atoms with van der Waals surface area (Å²) in [6, 6.07) is 4.40. The number of aliphatic imine (C=N–C) groups is 1. The number of rotatable bonds is 4. The molecule has 10 heteroatoms. The summed E-state index contributed by atoms with van der Waals surface area (Å²) in [5.74, 6) is -0.634. The Morgan fingerprint density at radius 2 is 2.12 bits per heavy atom. The second kappa shape index (κ2) is 10.7. The Hall–Kier alpha value is -2.43. The fraction of sp³-hybridized carbons (Fsp3) is 0.522. The molecule has 178 valence electrons. The molecule has 8 nitrogen and oxygen atoms in total. The van der Waals surface area contributed by atoms with Crippen molar-refractivity contribution in [2.45, 2.75) is 38.6 Å². The highest BCUT2D eigenvalue weighted by Crippen LogP contribution is 2.33. The van der Waals surface area contributed by atoms with Gasteiger partial charge in [-0.3, -0.25) is 9.80 Å². The highest BCUT2D eigenvalue weighted by Gasteiger charge is 2.29. The lowest BCUT2D eigenvalue weighted by molar-refractivity contribution is -0.113. The van der Waals surface area contributed by atoms with E-state index in [-0.39, 0.29) is 11.7 Å². The van der Waals surface area contributed by atoms with Gasteiger partial charge in [0.05, 0.1) is 4.91 Å². The van der Waals surface area contributed by atoms with Crippen LogP contribution in [0.5, 0.6) is 5.75 Å². The SMILES string of the molecule is CCN(C)C1CCN(C(=O)Oc2ccc(F)cc2/C=C2\SC(N3CCCCN3)=NC2=O)CC1. The number of piperidine rings is 1. The molecule has 0 aliphatic carbocycles. The van der Waals surface area contributed by atoms with E-state index in [0.717, 1.165) is 45.3 Å². The zero-order valence-electron chi connectivity index (χ0n) is 19.1. The Balaban J connectivity index is 1.44. The molecule has 3 aliphatic heterocycles. The molecule has 1 N–H and O–H groups in total. The third-order valence-electron chi connectivity index (χ3n) is 6.25. The van der Waals surface area contributed by atoms with Gasteiger partial charge in [-0.1, -0.05) is 6.92 Å². The normalized spacial score (nSPS) is 21.2. The highest BCUT2D eigenvalue weighted by molar-refractivity contribution is 8.18. The number of nitrogens with zero attached hydrogens (tertiary/aromatic N) is 4. The van der Waals surface area contributed by atoms with E-state index < -0.39 is 11.9 Å². The third-order valence-corrected chi connectivity index (χ3v) is 7.26. The van der Waals surface area contributed by atoms with E-state index in [0.29, 0.717) is 34.8 Å². The topological polar surface area (TPSA) is 77.5 Å². The number of likely N-dealkylation sites (tertiary alicyclic amines) is 1. The van der Waals surface area contributed by atoms with E-state index in [9.17, 15) is 14.0 Å². The summed E-state index contributed by atoms with van der Waals surface area (Å²) in [5, 5.41) is 2.46. The molecule has 2 saturated heterocycles. The average molecular weight is 476 g/mol. The molecule has 0 unspecified atom stereocenters. The third kappa shape index (κ3) is 5.74. The summed E-state index contributed by atoms with van der Waals surface area (Å²) >= 11 is 1.23. The fourth-order valence-electron chi connectivity index (χ4n) is 4.14.